The molecule has 3 nitrogen and oxygen atoms in total. The van der Waals surface area contributed by atoms with Gasteiger partial charge < -0.3 is 5.32 Å². The number of hydrogen-bond acceptors (Lipinski definition) is 2. The number of rotatable bonds is 4. The van der Waals surface area contributed by atoms with E-state index < -0.39 is 11.7 Å². The van der Waals surface area contributed by atoms with E-state index in [1.807, 2.05) is 0 Å². The molecule has 0 saturated heterocycles. The molecule has 0 aliphatic heterocycles. The summed E-state index contributed by atoms with van der Waals surface area (Å²) in [6, 6.07) is 18.4. The molecule has 0 aromatic heterocycles. The quantitative estimate of drug-likeness (QED) is 0.674. The number of hydrogen-bond donors (Lipinski definition) is 1. The summed E-state index contributed by atoms with van der Waals surface area (Å²) < 4.78 is 13.0. The average molecular weight is 354 g/mol. The summed E-state index contributed by atoms with van der Waals surface area (Å²) in [7, 11) is 0. The Kier molecular flexibility index (Phi) is 4.91. The Labute approximate surface area is 149 Å². The van der Waals surface area contributed by atoms with Gasteiger partial charge in [-0.2, -0.15) is 0 Å². The predicted octanol–water partition coefficient (Wildman–Crippen LogP) is 4.96. The lowest BCUT2D eigenvalue weighted by Gasteiger charge is -2.10. The van der Waals surface area contributed by atoms with Gasteiger partial charge >= 0.3 is 0 Å². The standard InChI is InChI=1S/C20H13ClFNO2/c21-14-7-5-13(6-8-14)19(24)17-3-1-2-4-18(17)20(25)23-16-11-9-15(22)10-12-16/h1-12H,(H,23,25). The van der Waals surface area contributed by atoms with E-state index in [1.165, 1.54) is 24.3 Å². The normalized spacial score (nSPS) is 10.3. The van der Waals surface area contributed by atoms with Crippen molar-refractivity contribution in [1.82, 2.24) is 0 Å². The van der Waals surface area contributed by atoms with Crippen LogP contribution in [0.15, 0.2) is 72.8 Å². The Morgan fingerprint density at radius 1 is 0.800 bits per heavy atom. The molecule has 0 heterocycles. The van der Waals surface area contributed by atoms with Crippen LogP contribution in [0.5, 0.6) is 0 Å². The van der Waals surface area contributed by atoms with Crippen LogP contribution in [-0.2, 0) is 0 Å². The van der Waals surface area contributed by atoms with Gasteiger partial charge in [0.2, 0.25) is 0 Å². The highest BCUT2D eigenvalue weighted by molar-refractivity contribution is 6.30. The van der Waals surface area contributed by atoms with E-state index in [0.29, 0.717) is 16.3 Å². The molecule has 25 heavy (non-hydrogen) atoms. The number of benzene rings is 3. The summed E-state index contributed by atoms with van der Waals surface area (Å²) in [5.41, 5.74) is 1.41. The highest BCUT2D eigenvalue weighted by Crippen LogP contribution is 2.18. The van der Waals surface area contributed by atoms with E-state index in [0.717, 1.165) is 0 Å². The van der Waals surface area contributed by atoms with Crippen molar-refractivity contribution >= 4 is 29.0 Å². The van der Waals surface area contributed by atoms with Crippen molar-refractivity contribution in [1.29, 1.82) is 0 Å². The summed E-state index contributed by atoms with van der Waals surface area (Å²) in [6.07, 6.45) is 0. The SMILES string of the molecule is O=C(Nc1ccc(F)cc1)c1ccccc1C(=O)c1ccc(Cl)cc1. The molecule has 1 N–H and O–H groups in total. The molecule has 3 aromatic carbocycles. The third-order valence-electron chi connectivity index (χ3n) is 3.62. The molecule has 3 aromatic rings. The molecule has 0 saturated carbocycles. The molecule has 0 bridgehead atoms. The summed E-state index contributed by atoms with van der Waals surface area (Å²) in [6.45, 7) is 0. The predicted molar refractivity (Wildman–Crippen MR) is 95.7 cm³/mol. The largest absolute Gasteiger partial charge is 0.322 e. The Hall–Kier alpha value is -2.98. The molecule has 3 rings (SSSR count). The topological polar surface area (TPSA) is 46.2 Å². The number of ketones is 1. The molecule has 0 radical (unpaired) electrons. The van der Waals surface area contributed by atoms with E-state index in [-0.39, 0.29) is 16.9 Å². The van der Waals surface area contributed by atoms with Gasteiger partial charge in [-0.1, -0.05) is 29.8 Å². The summed E-state index contributed by atoms with van der Waals surface area (Å²) in [4.78, 5) is 25.2. The molecule has 0 spiro atoms. The van der Waals surface area contributed by atoms with Gasteiger partial charge in [0.25, 0.3) is 5.91 Å². The molecular weight excluding hydrogens is 341 g/mol. The van der Waals surface area contributed by atoms with Crippen LogP contribution in [-0.4, -0.2) is 11.7 Å². The van der Waals surface area contributed by atoms with Crippen LogP contribution in [0.3, 0.4) is 0 Å². The smallest absolute Gasteiger partial charge is 0.256 e. The Balaban J connectivity index is 1.89. The fourth-order valence-electron chi connectivity index (χ4n) is 2.37. The van der Waals surface area contributed by atoms with Crippen molar-refractivity contribution in [2.24, 2.45) is 0 Å². The van der Waals surface area contributed by atoms with Crippen LogP contribution in [0.1, 0.15) is 26.3 Å². The van der Waals surface area contributed by atoms with E-state index in [1.54, 1.807) is 48.5 Å². The lowest BCUT2D eigenvalue weighted by molar-refractivity contribution is 0.0996. The van der Waals surface area contributed by atoms with E-state index in [9.17, 15) is 14.0 Å². The lowest BCUT2D eigenvalue weighted by atomic mass is 9.98. The third-order valence-corrected chi connectivity index (χ3v) is 3.88. The van der Waals surface area contributed by atoms with Crippen LogP contribution in [0.25, 0.3) is 0 Å². The second-order valence-electron chi connectivity index (χ2n) is 5.34. The van der Waals surface area contributed by atoms with Crippen molar-refractivity contribution in [3.63, 3.8) is 0 Å². The van der Waals surface area contributed by atoms with Gasteiger partial charge in [-0.25, -0.2) is 4.39 Å². The minimum absolute atomic E-state index is 0.242. The number of anilines is 1. The van der Waals surface area contributed by atoms with Gasteiger partial charge in [0.1, 0.15) is 5.82 Å². The van der Waals surface area contributed by atoms with Gasteiger partial charge in [0.05, 0.1) is 5.56 Å². The van der Waals surface area contributed by atoms with Gasteiger partial charge in [-0.15, -0.1) is 0 Å². The fourth-order valence-corrected chi connectivity index (χ4v) is 2.49. The van der Waals surface area contributed by atoms with E-state index in [2.05, 4.69) is 5.32 Å². The second-order valence-corrected chi connectivity index (χ2v) is 5.78. The highest BCUT2D eigenvalue weighted by Gasteiger charge is 2.18. The van der Waals surface area contributed by atoms with Gasteiger partial charge in [-0.05, 0) is 54.6 Å². The molecule has 0 unspecified atom stereocenters. The molecule has 124 valence electrons. The first-order chi connectivity index (χ1) is 12.0. The van der Waals surface area contributed by atoms with Crippen molar-refractivity contribution in [2.75, 3.05) is 5.32 Å². The average Bonchev–Trinajstić information content (AvgIpc) is 2.63. The summed E-state index contributed by atoms with van der Waals surface area (Å²) in [5, 5.41) is 3.19. The number of carbonyl (C=O) groups excluding carboxylic acids is 2. The van der Waals surface area contributed by atoms with Crippen LogP contribution in [0.4, 0.5) is 10.1 Å². The van der Waals surface area contributed by atoms with Crippen LogP contribution >= 0.6 is 11.6 Å². The van der Waals surface area contributed by atoms with E-state index >= 15 is 0 Å². The maximum absolute atomic E-state index is 13.0. The summed E-state index contributed by atoms with van der Waals surface area (Å²) in [5.74, 6) is -1.11. The minimum atomic E-state index is -0.440. The molecule has 0 atom stereocenters. The number of nitrogens with one attached hydrogen (secondary N) is 1. The zero-order chi connectivity index (χ0) is 17.8. The Morgan fingerprint density at radius 2 is 1.40 bits per heavy atom. The van der Waals surface area contributed by atoms with E-state index in [4.69, 9.17) is 11.6 Å². The van der Waals surface area contributed by atoms with Crippen LogP contribution in [0.2, 0.25) is 5.02 Å². The number of carbonyl (C=O) groups is 2. The zero-order valence-corrected chi connectivity index (χ0v) is 13.8. The first-order valence-electron chi connectivity index (χ1n) is 7.51. The molecule has 0 fully saturated rings. The van der Waals surface area contributed by atoms with Crippen molar-refractivity contribution in [3.8, 4) is 0 Å². The molecule has 0 aliphatic rings. The maximum atomic E-state index is 13.0. The molecule has 0 aliphatic carbocycles. The second kappa shape index (κ2) is 7.28. The maximum Gasteiger partial charge on any atom is 0.256 e. The number of halogens is 2. The van der Waals surface area contributed by atoms with Gasteiger partial charge in [-0.3, -0.25) is 9.59 Å². The number of amides is 1. The third kappa shape index (κ3) is 3.92. The van der Waals surface area contributed by atoms with Crippen molar-refractivity contribution in [2.45, 2.75) is 0 Å². The fraction of sp³-hybridized carbons (Fsp3) is 0. The molecular formula is C20H13ClFNO2. The van der Waals surface area contributed by atoms with Gasteiger partial charge in [0, 0.05) is 21.8 Å². The Bertz CT molecular complexity index is 921. The monoisotopic (exact) mass is 353 g/mol. The van der Waals surface area contributed by atoms with Crippen LogP contribution in [0, 0.1) is 5.82 Å². The summed E-state index contributed by atoms with van der Waals surface area (Å²) >= 11 is 5.84. The molecule has 1 amide bonds. The van der Waals surface area contributed by atoms with Crippen LogP contribution < -0.4 is 5.32 Å². The minimum Gasteiger partial charge on any atom is -0.322 e. The zero-order valence-electron chi connectivity index (χ0n) is 13.0. The molecule has 5 heteroatoms. The lowest BCUT2D eigenvalue weighted by Crippen LogP contribution is -2.17. The highest BCUT2D eigenvalue weighted by atomic mass is 35.5. The van der Waals surface area contributed by atoms with Crippen molar-refractivity contribution in [3.05, 3.63) is 100 Å². The first-order valence-corrected chi connectivity index (χ1v) is 7.88. The van der Waals surface area contributed by atoms with Gasteiger partial charge in [0.15, 0.2) is 5.78 Å². The first kappa shape index (κ1) is 16.9. The van der Waals surface area contributed by atoms with Crippen molar-refractivity contribution < 1.29 is 14.0 Å². The Morgan fingerprint density at radius 3 is 2.04 bits per heavy atom.